The molecule has 0 fully saturated rings. The van der Waals surface area contributed by atoms with Crippen LogP contribution in [0.2, 0.25) is 0 Å². The van der Waals surface area contributed by atoms with Crippen LogP contribution in [0.15, 0.2) is 24.5 Å². The first-order chi connectivity index (χ1) is 9.17. The van der Waals surface area contributed by atoms with Crippen LogP contribution in [0.25, 0.3) is 0 Å². The second-order valence-electron chi connectivity index (χ2n) is 4.01. The predicted molar refractivity (Wildman–Crippen MR) is 72.4 cm³/mol. The Labute approximate surface area is 111 Å². The summed E-state index contributed by atoms with van der Waals surface area (Å²) in [6, 6.07) is 5.82. The Morgan fingerprint density at radius 2 is 2.00 bits per heavy atom. The number of nitrogen functional groups attached to an aromatic ring is 1. The van der Waals surface area contributed by atoms with E-state index in [0.717, 1.165) is 16.9 Å². The fourth-order valence-electron chi connectivity index (χ4n) is 1.66. The van der Waals surface area contributed by atoms with Gasteiger partial charge in [-0.05, 0) is 31.0 Å². The van der Waals surface area contributed by atoms with Crippen LogP contribution in [0.3, 0.4) is 0 Å². The molecule has 0 saturated carbocycles. The predicted octanol–water partition coefficient (Wildman–Crippen LogP) is 2.18. The van der Waals surface area contributed by atoms with E-state index in [1.807, 2.05) is 32.0 Å². The van der Waals surface area contributed by atoms with Gasteiger partial charge in [0.2, 0.25) is 5.75 Å². The highest BCUT2D eigenvalue weighted by Crippen LogP contribution is 2.35. The van der Waals surface area contributed by atoms with Gasteiger partial charge < -0.3 is 14.9 Å². The minimum absolute atomic E-state index is 0.319. The average Bonchev–Trinajstić information content (AvgIpc) is 2.43. The lowest BCUT2D eigenvalue weighted by Gasteiger charge is -2.13. The van der Waals surface area contributed by atoms with Crippen LogP contribution < -0.4 is 20.7 Å². The van der Waals surface area contributed by atoms with Crippen LogP contribution in [0, 0.1) is 13.8 Å². The molecule has 6 nitrogen and oxygen atoms in total. The molecule has 0 aliphatic heterocycles. The molecule has 3 N–H and O–H groups in total. The van der Waals surface area contributed by atoms with Crippen LogP contribution in [0.1, 0.15) is 11.1 Å². The van der Waals surface area contributed by atoms with Crippen LogP contribution in [-0.4, -0.2) is 17.1 Å². The molecule has 19 heavy (non-hydrogen) atoms. The summed E-state index contributed by atoms with van der Waals surface area (Å²) in [5, 5.41) is 0. The monoisotopic (exact) mass is 260 g/mol. The number of nitrogens with two attached hydrogens (primary N) is 1. The molecule has 0 aliphatic rings. The molecule has 0 bridgehead atoms. The summed E-state index contributed by atoms with van der Waals surface area (Å²) < 4.78 is 11.0. The van der Waals surface area contributed by atoms with Crippen molar-refractivity contribution in [2.75, 3.05) is 12.5 Å². The Morgan fingerprint density at radius 1 is 1.21 bits per heavy atom. The molecule has 0 aliphatic carbocycles. The summed E-state index contributed by atoms with van der Waals surface area (Å²) in [6.07, 6.45) is 1.36. The number of ether oxygens (including phenoxy) is 2. The number of nitrogens with one attached hydrogen (secondary N) is 1. The molecule has 0 spiro atoms. The van der Waals surface area contributed by atoms with Crippen molar-refractivity contribution >= 4 is 5.82 Å². The van der Waals surface area contributed by atoms with Crippen molar-refractivity contribution in [3.8, 4) is 17.4 Å². The number of nitrogens with zero attached hydrogens (tertiary/aromatic N) is 2. The molecule has 1 aromatic heterocycles. The topological polar surface area (TPSA) is 82.3 Å². The van der Waals surface area contributed by atoms with E-state index < -0.39 is 0 Å². The maximum absolute atomic E-state index is 5.78. The van der Waals surface area contributed by atoms with Gasteiger partial charge in [-0.3, -0.25) is 0 Å². The van der Waals surface area contributed by atoms with Gasteiger partial charge in [0.15, 0.2) is 5.82 Å². The third kappa shape index (κ3) is 2.58. The van der Waals surface area contributed by atoms with Gasteiger partial charge in [-0.1, -0.05) is 12.1 Å². The number of aromatic nitrogens is 2. The fourth-order valence-corrected chi connectivity index (χ4v) is 1.66. The average molecular weight is 260 g/mol. The van der Waals surface area contributed by atoms with Gasteiger partial charge in [0.1, 0.15) is 12.1 Å². The molecule has 0 radical (unpaired) electrons. The third-order valence-corrected chi connectivity index (χ3v) is 2.87. The smallest absolute Gasteiger partial charge is 0.268 e. The number of anilines is 1. The van der Waals surface area contributed by atoms with Crippen LogP contribution >= 0.6 is 0 Å². The molecule has 1 heterocycles. The van der Waals surface area contributed by atoms with Crippen molar-refractivity contribution in [1.29, 1.82) is 0 Å². The van der Waals surface area contributed by atoms with Gasteiger partial charge in [-0.2, -0.15) is 4.98 Å². The molecule has 0 amide bonds. The highest BCUT2D eigenvalue weighted by molar-refractivity contribution is 5.55. The van der Waals surface area contributed by atoms with E-state index >= 15 is 0 Å². The number of rotatable bonds is 4. The lowest BCUT2D eigenvalue weighted by molar-refractivity contribution is 0.368. The summed E-state index contributed by atoms with van der Waals surface area (Å²) in [5.41, 5.74) is 4.63. The molecule has 1 aromatic carbocycles. The van der Waals surface area contributed by atoms with Crippen molar-refractivity contribution in [3.05, 3.63) is 35.7 Å². The van der Waals surface area contributed by atoms with Crippen molar-refractivity contribution in [1.82, 2.24) is 9.97 Å². The zero-order valence-electron chi connectivity index (χ0n) is 11.1. The lowest BCUT2D eigenvalue weighted by Crippen LogP contribution is -2.11. The highest BCUT2D eigenvalue weighted by atomic mass is 16.5. The van der Waals surface area contributed by atoms with Crippen molar-refractivity contribution < 1.29 is 9.47 Å². The second-order valence-corrected chi connectivity index (χ2v) is 4.01. The number of methoxy groups -OCH3 is 1. The quantitative estimate of drug-likeness (QED) is 0.647. The molecule has 0 unspecified atom stereocenters. The third-order valence-electron chi connectivity index (χ3n) is 2.87. The maximum Gasteiger partial charge on any atom is 0.268 e. The molecule has 0 saturated heterocycles. The lowest BCUT2D eigenvalue weighted by atomic mass is 10.1. The summed E-state index contributed by atoms with van der Waals surface area (Å²) in [4.78, 5) is 8.03. The molecule has 0 atom stereocenters. The number of aryl methyl sites for hydroxylation is 1. The molecule has 100 valence electrons. The van der Waals surface area contributed by atoms with Crippen LogP contribution in [0.4, 0.5) is 5.82 Å². The van der Waals surface area contributed by atoms with E-state index in [1.54, 1.807) is 0 Å². The Balaban J connectivity index is 2.41. The molecular formula is C13H16N4O2. The van der Waals surface area contributed by atoms with E-state index in [0.29, 0.717) is 17.4 Å². The van der Waals surface area contributed by atoms with E-state index in [-0.39, 0.29) is 0 Å². The van der Waals surface area contributed by atoms with Gasteiger partial charge in [-0.25, -0.2) is 10.8 Å². The standard InChI is InChI=1S/C13H16N4O2/c1-8-5-4-6-10(9(8)2)19-13-11(18-3)12(17-14)15-7-16-13/h4-7H,14H2,1-3H3,(H,15,16,17). The van der Waals surface area contributed by atoms with Crippen LogP contribution in [-0.2, 0) is 0 Å². The molecule has 2 aromatic rings. The molecular weight excluding hydrogens is 244 g/mol. The minimum Gasteiger partial charge on any atom is -0.489 e. The van der Waals surface area contributed by atoms with Gasteiger partial charge in [0.05, 0.1) is 7.11 Å². The summed E-state index contributed by atoms with van der Waals surface area (Å²) >= 11 is 0. The summed E-state index contributed by atoms with van der Waals surface area (Å²) in [7, 11) is 1.51. The Bertz CT molecular complexity index is 587. The molecule has 2 rings (SSSR count). The second kappa shape index (κ2) is 5.53. The van der Waals surface area contributed by atoms with Crippen molar-refractivity contribution in [2.45, 2.75) is 13.8 Å². The molecule has 6 heteroatoms. The number of hydrogen-bond donors (Lipinski definition) is 2. The fraction of sp³-hybridized carbons (Fsp3) is 0.231. The zero-order chi connectivity index (χ0) is 13.8. The number of benzene rings is 1. The van der Waals surface area contributed by atoms with Gasteiger partial charge >= 0.3 is 0 Å². The normalized spacial score (nSPS) is 10.1. The van der Waals surface area contributed by atoms with Crippen molar-refractivity contribution in [3.63, 3.8) is 0 Å². The van der Waals surface area contributed by atoms with Gasteiger partial charge in [0.25, 0.3) is 5.88 Å². The first-order valence-electron chi connectivity index (χ1n) is 5.77. The summed E-state index contributed by atoms with van der Waals surface area (Å²) in [6.45, 7) is 4.01. The maximum atomic E-state index is 5.78. The van der Waals surface area contributed by atoms with Crippen molar-refractivity contribution in [2.24, 2.45) is 5.84 Å². The largest absolute Gasteiger partial charge is 0.489 e. The van der Waals surface area contributed by atoms with E-state index in [1.165, 1.54) is 13.4 Å². The first kappa shape index (κ1) is 13.1. The number of hydrogen-bond acceptors (Lipinski definition) is 6. The van der Waals surface area contributed by atoms with E-state index in [9.17, 15) is 0 Å². The Morgan fingerprint density at radius 3 is 2.68 bits per heavy atom. The number of hydrazine groups is 1. The zero-order valence-corrected chi connectivity index (χ0v) is 11.1. The van der Waals surface area contributed by atoms with Gasteiger partial charge in [0, 0.05) is 0 Å². The highest BCUT2D eigenvalue weighted by Gasteiger charge is 2.14. The van der Waals surface area contributed by atoms with Crippen LogP contribution in [0.5, 0.6) is 17.4 Å². The minimum atomic E-state index is 0.319. The SMILES string of the molecule is COc1c(NN)ncnc1Oc1cccc(C)c1C. The summed E-state index contributed by atoms with van der Waals surface area (Å²) in [5.74, 6) is 7.15. The van der Waals surface area contributed by atoms with E-state index in [2.05, 4.69) is 15.4 Å². The first-order valence-corrected chi connectivity index (χ1v) is 5.77. The van der Waals surface area contributed by atoms with Gasteiger partial charge in [-0.15, -0.1) is 0 Å². The van der Waals surface area contributed by atoms with E-state index in [4.69, 9.17) is 15.3 Å². The Kier molecular flexibility index (Phi) is 3.82. The Hall–Kier alpha value is -2.34.